The number of hydrogen-bond donors (Lipinski definition) is 0. The first-order valence-electron chi connectivity index (χ1n) is 8.70. The van der Waals surface area contributed by atoms with E-state index in [-0.39, 0.29) is 5.56 Å². The molecule has 0 spiro atoms. The highest BCUT2D eigenvalue weighted by molar-refractivity contribution is 7.93. The molecule has 3 rings (SSSR count). The average molecular weight is 388 g/mol. The molecule has 0 fully saturated rings. The van der Waals surface area contributed by atoms with Gasteiger partial charge in [0.05, 0.1) is 15.3 Å². The maximum Gasteiger partial charge on any atom is 0.286 e. The van der Waals surface area contributed by atoms with Crippen LogP contribution in [0.15, 0.2) is 76.2 Å². The number of nitrogens with zero attached hydrogens (tertiary/aromatic N) is 2. The summed E-state index contributed by atoms with van der Waals surface area (Å²) in [4.78, 5) is 17.1. The van der Waals surface area contributed by atoms with Gasteiger partial charge in [0, 0.05) is 34.7 Å². The molecule has 1 unspecified atom stereocenters. The van der Waals surface area contributed by atoms with Gasteiger partial charge in [0.15, 0.2) is 0 Å². The summed E-state index contributed by atoms with van der Waals surface area (Å²) in [6.07, 6.45) is 4.46. The number of carbonyl (C=O) groups excluding carboxylic acids is 1. The zero-order valence-electron chi connectivity index (χ0n) is 16.0. The molecule has 140 valence electrons. The quantitative estimate of drug-likeness (QED) is 0.612. The molecule has 0 saturated carbocycles. The van der Waals surface area contributed by atoms with Crippen molar-refractivity contribution in [2.24, 2.45) is 4.36 Å². The monoisotopic (exact) mass is 388 g/mol. The summed E-state index contributed by atoms with van der Waals surface area (Å²) in [5, 5.41) is 0. The minimum absolute atomic E-state index is 0.261. The number of pyridine rings is 1. The van der Waals surface area contributed by atoms with Gasteiger partial charge in [0.25, 0.3) is 5.91 Å². The molecular weight excluding hydrogens is 368 g/mol. The van der Waals surface area contributed by atoms with Crippen molar-refractivity contribution in [3.8, 4) is 11.8 Å². The fraction of sp³-hybridized carbons (Fsp3) is 0.130. The van der Waals surface area contributed by atoms with Crippen molar-refractivity contribution in [2.75, 3.05) is 6.26 Å². The summed E-state index contributed by atoms with van der Waals surface area (Å²) >= 11 is 0. The van der Waals surface area contributed by atoms with Gasteiger partial charge in [-0.15, -0.1) is 0 Å². The van der Waals surface area contributed by atoms with Crippen LogP contribution in [0.4, 0.5) is 0 Å². The molecule has 4 nitrogen and oxygen atoms in total. The van der Waals surface area contributed by atoms with Crippen molar-refractivity contribution >= 4 is 15.6 Å². The molecule has 0 radical (unpaired) electrons. The van der Waals surface area contributed by atoms with Gasteiger partial charge in [-0.3, -0.25) is 9.78 Å². The second-order valence-electron chi connectivity index (χ2n) is 6.59. The SMILES string of the molecule is Cc1ccc(C#Cc2cncc(C(=O)N=S(C)(=O)c3ccc(C)cc3)c2)cc1. The van der Waals surface area contributed by atoms with Crippen molar-refractivity contribution in [3.05, 3.63) is 94.8 Å². The average Bonchev–Trinajstić information content (AvgIpc) is 2.68. The maximum atomic E-state index is 12.9. The van der Waals surface area contributed by atoms with Crippen molar-refractivity contribution in [1.29, 1.82) is 0 Å². The maximum absolute atomic E-state index is 12.9. The van der Waals surface area contributed by atoms with Gasteiger partial charge in [0.2, 0.25) is 0 Å². The van der Waals surface area contributed by atoms with E-state index in [1.807, 2.05) is 50.2 Å². The first-order valence-corrected chi connectivity index (χ1v) is 10.6. The molecule has 28 heavy (non-hydrogen) atoms. The number of aryl methyl sites for hydroxylation is 2. The van der Waals surface area contributed by atoms with E-state index in [2.05, 4.69) is 21.2 Å². The Hall–Kier alpha value is -3.23. The van der Waals surface area contributed by atoms with Crippen LogP contribution in [0.1, 0.15) is 32.6 Å². The lowest BCUT2D eigenvalue weighted by Gasteiger charge is -2.04. The Kier molecular flexibility index (Phi) is 5.72. The van der Waals surface area contributed by atoms with Crippen LogP contribution < -0.4 is 0 Å². The Labute approximate surface area is 165 Å². The van der Waals surface area contributed by atoms with E-state index in [1.54, 1.807) is 24.4 Å². The lowest BCUT2D eigenvalue weighted by Crippen LogP contribution is -2.04. The summed E-state index contributed by atoms with van der Waals surface area (Å²) in [7, 11) is -2.83. The second kappa shape index (κ2) is 8.20. The van der Waals surface area contributed by atoms with E-state index in [4.69, 9.17) is 0 Å². The Balaban J connectivity index is 1.87. The number of rotatable bonds is 2. The molecule has 1 heterocycles. The minimum atomic E-state index is -2.83. The molecule has 1 amide bonds. The number of aromatic nitrogens is 1. The largest absolute Gasteiger partial charge is 0.286 e. The minimum Gasteiger partial charge on any atom is -0.266 e. The van der Waals surface area contributed by atoms with Gasteiger partial charge < -0.3 is 0 Å². The molecule has 2 aromatic carbocycles. The molecular formula is C23H20N2O2S. The van der Waals surface area contributed by atoms with Crippen molar-refractivity contribution < 1.29 is 9.00 Å². The Morgan fingerprint density at radius 3 is 2.11 bits per heavy atom. The Morgan fingerprint density at radius 1 is 0.893 bits per heavy atom. The van der Waals surface area contributed by atoms with E-state index in [0.29, 0.717) is 10.5 Å². The van der Waals surface area contributed by atoms with Gasteiger partial charge in [-0.2, -0.15) is 4.36 Å². The zero-order chi connectivity index (χ0) is 20.1. The number of benzene rings is 2. The predicted octanol–water partition coefficient (Wildman–Crippen LogP) is 4.40. The molecule has 1 aromatic heterocycles. The highest BCUT2D eigenvalue weighted by Crippen LogP contribution is 2.14. The van der Waals surface area contributed by atoms with E-state index in [0.717, 1.165) is 16.7 Å². The highest BCUT2D eigenvalue weighted by Gasteiger charge is 2.12. The van der Waals surface area contributed by atoms with Crippen molar-refractivity contribution in [3.63, 3.8) is 0 Å². The Bertz CT molecular complexity index is 1190. The van der Waals surface area contributed by atoms with Crippen LogP contribution in [0.3, 0.4) is 0 Å². The molecule has 0 saturated heterocycles. The topological polar surface area (TPSA) is 59.4 Å². The van der Waals surface area contributed by atoms with Crippen LogP contribution >= 0.6 is 0 Å². The first kappa shape index (κ1) is 19.5. The van der Waals surface area contributed by atoms with Gasteiger partial charge in [-0.25, -0.2) is 4.21 Å². The summed E-state index contributed by atoms with van der Waals surface area (Å²) in [5.41, 5.74) is 3.95. The molecule has 0 aliphatic heterocycles. The fourth-order valence-corrected chi connectivity index (χ4v) is 3.63. The Morgan fingerprint density at radius 2 is 1.46 bits per heavy atom. The van der Waals surface area contributed by atoms with Gasteiger partial charge in [-0.1, -0.05) is 47.2 Å². The van der Waals surface area contributed by atoms with Gasteiger partial charge in [-0.05, 0) is 44.2 Å². The smallest absolute Gasteiger partial charge is 0.266 e. The van der Waals surface area contributed by atoms with Crippen LogP contribution in [0.25, 0.3) is 0 Å². The normalized spacial score (nSPS) is 12.4. The molecule has 1 atom stereocenters. The van der Waals surface area contributed by atoms with Crippen LogP contribution in [0.2, 0.25) is 0 Å². The van der Waals surface area contributed by atoms with Crippen LogP contribution in [-0.2, 0) is 9.73 Å². The van der Waals surface area contributed by atoms with Crippen molar-refractivity contribution in [2.45, 2.75) is 18.7 Å². The second-order valence-corrected chi connectivity index (χ2v) is 8.85. The zero-order valence-corrected chi connectivity index (χ0v) is 16.8. The van der Waals surface area contributed by atoms with Crippen LogP contribution in [0.5, 0.6) is 0 Å². The standard InChI is InChI=1S/C23H20N2O2S/c1-17-4-8-19(9-5-17)10-11-20-14-21(16-24-15-20)23(26)25-28(3,27)22-12-6-18(2)7-13-22/h4-9,12-16H,1-3H3. The molecule has 0 aliphatic rings. The van der Waals surface area contributed by atoms with Gasteiger partial charge in [0.1, 0.15) is 0 Å². The summed E-state index contributed by atoms with van der Waals surface area (Å²) < 4.78 is 16.8. The third kappa shape index (κ3) is 4.93. The molecule has 0 bridgehead atoms. The fourth-order valence-electron chi connectivity index (χ4n) is 2.46. The molecule has 0 N–H and O–H groups in total. The summed E-state index contributed by atoms with van der Waals surface area (Å²) in [6, 6.07) is 16.6. The number of carbonyl (C=O) groups is 1. The highest BCUT2D eigenvalue weighted by atomic mass is 32.2. The number of hydrogen-bond acceptors (Lipinski definition) is 3. The first-order chi connectivity index (χ1) is 13.3. The lowest BCUT2D eigenvalue weighted by molar-refractivity contribution is 0.100. The van der Waals surface area contributed by atoms with E-state index < -0.39 is 15.6 Å². The third-order valence-corrected chi connectivity index (χ3v) is 5.76. The van der Waals surface area contributed by atoms with Crippen LogP contribution in [0, 0.1) is 25.7 Å². The van der Waals surface area contributed by atoms with Crippen LogP contribution in [-0.4, -0.2) is 21.4 Å². The van der Waals surface area contributed by atoms with Gasteiger partial charge >= 0.3 is 0 Å². The number of amides is 1. The molecule has 0 aliphatic carbocycles. The van der Waals surface area contributed by atoms with E-state index in [1.165, 1.54) is 12.5 Å². The molecule has 5 heteroatoms. The molecule has 3 aromatic rings. The third-order valence-electron chi connectivity index (χ3n) is 4.10. The summed E-state index contributed by atoms with van der Waals surface area (Å²) in [5.74, 6) is 5.47. The van der Waals surface area contributed by atoms with E-state index in [9.17, 15) is 9.00 Å². The van der Waals surface area contributed by atoms with E-state index >= 15 is 0 Å². The lowest BCUT2D eigenvalue weighted by atomic mass is 10.1. The van der Waals surface area contributed by atoms with Crippen molar-refractivity contribution in [1.82, 2.24) is 4.98 Å². The predicted molar refractivity (Wildman–Crippen MR) is 112 cm³/mol. The summed E-state index contributed by atoms with van der Waals surface area (Å²) in [6.45, 7) is 3.96.